The van der Waals surface area contributed by atoms with Crippen LogP contribution in [-0.4, -0.2) is 36.0 Å². The fourth-order valence-electron chi connectivity index (χ4n) is 1.56. The van der Waals surface area contributed by atoms with Gasteiger partial charge in [-0.25, -0.2) is 0 Å². The van der Waals surface area contributed by atoms with Crippen LogP contribution >= 0.6 is 0 Å². The molecule has 0 aliphatic carbocycles. The average Bonchev–Trinajstić information content (AvgIpc) is 2.37. The van der Waals surface area contributed by atoms with Gasteiger partial charge in [0.15, 0.2) is 5.75 Å². The lowest BCUT2D eigenvalue weighted by Crippen LogP contribution is -2.19. The first-order valence-corrected chi connectivity index (χ1v) is 5.81. The molecule has 1 rings (SSSR count). The molecule has 0 amide bonds. The number of nitro groups is 1. The van der Waals surface area contributed by atoms with E-state index in [2.05, 4.69) is 14.5 Å². The first-order valence-electron chi connectivity index (χ1n) is 5.81. The summed E-state index contributed by atoms with van der Waals surface area (Å²) in [7, 11) is 0.983. The molecule has 1 aromatic heterocycles. The summed E-state index contributed by atoms with van der Waals surface area (Å²) in [6, 6.07) is 0. The van der Waals surface area contributed by atoms with Crippen LogP contribution in [0.15, 0.2) is 6.20 Å². The van der Waals surface area contributed by atoms with E-state index in [9.17, 15) is 28.1 Å². The Kier molecular flexibility index (Phi) is 5.49. The van der Waals surface area contributed by atoms with Crippen LogP contribution in [0.25, 0.3) is 0 Å². The standard InChI is InChI=1S/C11H11F3N2O6/c1-3-21-7(17)4-6-5-15-10(16(18)19)9(8(6)20-2)22-11(12,13)14/h5H,3-4H2,1-2H3. The van der Waals surface area contributed by atoms with Gasteiger partial charge in [0.2, 0.25) is 0 Å². The van der Waals surface area contributed by atoms with Crippen molar-refractivity contribution in [3.05, 3.63) is 21.9 Å². The topological polar surface area (TPSA) is 101 Å². The van der Waals surface area contributed by atoms with Gasteiger partial charge in [-0.15, -0.1) is 13.2 Å². The molecular weight excluding hydrogens is 313 g/mol. The Morgan fingerprint density at radius 3 is 2.50 bits per heavy atom. The normalized spacial score (nSPS) is 11.0. The lowest BCUT2D eigenvalue weighted by Gasteiger charge is -2.14. The molecule has 0 aliphatic heterocycles. The van der Waals surface area contributed by atoms with Gasteiger partial charge < -0.3 is 24.3 Å². The van der Waals surface area contributed by atoms with Crippen LogP contribution in [0.4, 0.5) is 19.0 Å². The largest absolute Gasteiger partial charge is 0.573 e. The van der Waals surface area contributed by atoms with Crippen molar-refractivity contribution in [1.29, 1.82) is 0 Å². The Morgan fingerprint density at radius 1 is 1.41 bits per heavy atom. The Bertz CT molecular complexity index is 576. The molecule has 0 spiro atoms. The first kappa shape index (κ1) is 17.5. The zero-order valence-corrected chi connectivity index (χ0v) is 11.5. The third kappa shape index (κ3) is 4.46. The molecule has 0 atom stereocenters. The molecule has 0 bridgehead atoms. The number of hydrogen-bond acceptors (Lipinski definition) is 7. The molecule has 122 valence electrons. The molecule has 0 radical (unpaired) electrons. The molecule has 22 heavy (non-hydrogen) atoms. The number of esters is 1. The number of carbonyl (C=O) groups excluding carboxylic acids is 1. The van der Waals surface area contributed by atoms with Crippen LogP contribution in [0.2, 0.25) is 0 Å². The SMILES string of the molecule is CCOC(=O)Cc1cnc([N+](=O)[O-])c(OC(F)(F)F)c1OC. The molecule has 1 aromatic rings. The highest BCUT2D eigenvalue weighted by Gasteiger charge is 2.38. The van der Waals surface area contributed by atoms with Crippen molar-refractivity contribution in [1.82, 2.24) is 4.98 Å². The van der Waals surface area contributed by atoms with Gasteiger partial charge in [-0.2, -0.15) is 0 Å². The molecule has 1 heterocycles. The number of aromatic nitrogens is 1. The number of ether oxygens (including phenoxy) is 3. The minimum Gasteiger partial charge on any atom is -0.492 e. The fourth-order valence-corrected chi connectivity index (χ4v) is 1.56. The van der Waals surface area contributed by atoms with Gasteiger partial charge >= 0.3 is 18.1 Å². The summed E-state index contributed by atoms with van der Waals surface area (Å²) in [5.41, 5.74) is -0.134. The minimum atomic E-state index is -5.19. The number of rotatable bonds is 6. The number of alkyl halides is 3. The van der Waals surface area contributed by atoms with E-state index in [4.69, 9.17) is 4.74 Å². The molecule has 0 unspecified atom stereocenters. The monoisotopic (exact) mass is 324 g/mol. The van der Waals surface area contributed by atoms with Crippen molar-refractivity contribution in [2.45, 2.75) is 19.7 Å². The summed E-state index contributed by atoms with van der Waals surface area (Å²) >= 11 is 0. The number of halogens is 3. The summed E-state index contributed by atoms with van der Waals surface area (Å²) in [6.07, 6.45) is -4.81. The predicted octanol–water partition coefficient (Wildman–Crippen LogP) is 2.00. The van der Waals surface area contributed by atoms with Gasteiger partial charge in [-0.3, -0.25) is 4.79 Å². The second-order valence-electron chi connectivity index (χ2n) is 3.76. The maximum atomic E-state index is 12.4. The lowest BCUT2D eigenvalue weighted by molar-refractivity contribution is -0.393. The number of nitrogens with zero attached hydrogens (tertiary/aromatic N) is 2. The van der Waals surface area contributed by atoms with E-state index in [0.717, 1.165) is 13.3 Å². The van der Waals surface area contributed by atoms with Crippen molar-refractivity contribution < 1.29 is 37.1 Å². The number of hydrogen-bond donors (Lipinski definition) is 0. The van der Waals surface area contributed by atoms with Gasteiger partial charge in [0.05, 0.1) is 25.7 Å². The average molecular weight is 324 g/mol. The summed E-state index contributed by atoms with van der Waals surface area (Å²) in [6.45, 7) is 1.61. The van der Waals surface area contributed by atoms with E-state index in [0.29, 0.717) is 0 Å². The molecule has 0 N–H and O–H groups in total. The summed E-state index contributed by atoms with van der Waals surface area (Å²) in [5, 5.41) is 10.8. The number of pyridine rings is 1. The molecule has 0 aromatic carbocycles. The van der Waals surface area contributed by atoms with Crippen molar-refractivity contribution in [3.8, 4) is 11.5 Å². The molecule has 0 aliphatic rings. The first-order chi connectivity index (χ1) is 10.2. The predicted molar refractivity (Wildman–Crippen MR) is 64.5 cm³/mol. The van der Waals surface area contributed by atoms with E-state index >= 15 is 0 Å². The zero-order valence-electron chi connectivity index (χ0n) is 11.5. The fraction of sp³-hybridized carbons (Fsp3) is 0.455. The van der Waals surface area contributed by atoms with Crippen molar-refractivity contribution in [3.63, 3.8) is 0 Å². The van der Waals surface area contributed by atoms with Crippen molar-refractivity contribution >= 4 is 11.8 Å². The van der Waals surface area contributed by atoms with Gasteiger partial charge in [-0.05, 0) is 16.8 Å². The van der Waals surface area contributed by atoms with E-state index in [1.807, 2.05) is 0 Å². The third-order valence-electron chi connectivity index (χ3n) is 2.28. The molecule has 8 nitrogen and oxygen atoms in total. The quantitative estimate of drug-likeness (QED) is 0.448. The molecule has 0 saturated heterocycles. The molecular formula is C11H11F3N2O6. The van der Waals surface area contributed by atoms with Crippen LogP contribution in [0.5, 0.6) is 11.5 Å². The molecule has 11 heteroatoms. The smallest absolute Gasteiger partial charge is 0.492 e. The van der Waals surface area contributed by atoms with Gasteiger partial charge in [0.25, 0.3) is 5.75 Å². The van der Waals surface area contributed by atoms with Crippen LogP contribution < -0.4 is 9.47 Å². The maximum absolute atomic E-state index is 12.4. The van der Waals surface area contributed by atoms with Gasteiger partial charge in [0.1, 0.15) is 6.20 Å². The highest BCUT2D eigenvalue weighted by Crippen LogP contribution is 2.41. The maximum Gasteiger partial charge on any atom is 0.573 e. The number of methoxy groups -OCH3 is 1. The summed E-state index contributed by atoms with van der Waals surface area (Å²) in [4.78, 5) is 24.3. The van der Waals surface area contributed by atoms with Gasteiger partial charge in [-0.1, -0.05) is 0 Å². The van der Waals surface area contributed by atoms with Crippen LogP contribution in [0.1, 0.15) is 12.5 Å². The molecule has 0 saturated carbocycles. The van der Waals surface area contributed by atoms with Crippen LogP contribution in [0, 0.1) is 10.1 Å². The third-order valence-corrected chi connectivity index (χ3v) is 2.28. The van der Waals surface area contributed by atoms with E-state index < -0.39 is 41.0 Å². The second kappa shape index (κ2) is 6.91. The van der Waals surface area contributed by atoms with Crippen molar-refractivity contribution in [2.75, 3.05) is 13.7 Å². The Hall–Kier alpha value is -2.59. The minimum absolute atomic E-state index is 0.0630. The van der Waals surface area contributed by atoms with E-state index in [1.165, 1.54) is 0 Å². The van der Waals surface area contributed by atoms with Crippen LogP contribution in [-0.2, 0) is 16.0 Å². The Balaban J connectivity index is 3.34. The highest BCUT2D eigenvalue weighted by atomic mass is 19.4. The van der Waals surface area contributed by atoms with E-state index in [1.54, 1.807) is 6.92 Å². The lowest BCUT2D eigenvalue weighted by atomic mass is 10.1. The summed E-state index contributed by atoms with van der Waals surface area (Å²) in [5.74, 6) is -3.76. The highest BCUT2D eigenvalue weighted by molar-refractivity contribution is 5.74. The Morgan fingerprint density at radius 2 is 2.05 bits per heavy atom. The molecule has 0 fully saturated rings. The van der Waals surface area contributed by atoms with Crippen LogP contribution in [0.3, 0.4) is 0 Å². The second-order valence-corrected chi connectivity index (χ2v) is 3.76. The van der Waals surface area contributed by atoms with Crippen molar-refractivity contribution in [2.24, 2.45) is 0 Å². The Labute approximate surface area is 121 Å². The van der Waals surface area contributed by atoms with Gasteiger partial charge in [0, 0.05) is 0 Å². The number of carbonyl (C=O) groups is 1. The van der Waals surface area contributed by atoms with E-state index in [-0.39, 0.29) is 12.2 Å². The zero-order chi connectivity index (χ0) is 16.9. The summed E-state index contributed by atoms with van der Waals surface area (Å²) < 4.78 is 50.2.